The van der Waals surface area contributed by atoms with Gasteiger partial charge in [-0.15, -0.1) is 0 Å². The summed E-state index contributed by atoms with van der Waals surface area (Å²) in [6, 6.07) is -0.816. The third-order valence-electron chi connectivity index (χ3n) is 1.52. The Kier molecular flexibility index (Phi) is 5.25. The molecule has 0 spiro atoms. The zero-order chi connectivity index (χ0) is 10.4. The standard InChI is InChI=1S/C8H15NO4/c1-5(10)8(9)7(4-12-3)13-6(2)11/h7-8H,4,9H2,1-3H3. The molecule has 0 aromatic heterocycles. The summed E-state index contributed by atoms with van der Waals surface area (Å²) in [6.45, 7) is 2.73. The highest BCUT2D eigenvalue weighted by atomic mass is 16.6. The molecule has 0 saturated heterocycles. The van der Waals surface area contributed by atoms with E-state index in [2.05, 4.69) is 0 Å². The fraction of sp³-hybridized carbons (Fsp3) is 0.750. The summed E-state index contributed by atoms with van der Waals surface area (Å²) < 4.78 is 9.57. The molecule has 0 aliphatic carbocycles. The molecule has 2 atom stereocenters. The van der Waals surface area contributed by atoms with Crippen LogP contribution < -0.4 is 5.73 Å². The van der Waals surface area contributed by atoms with Crippen LogP contribution in [0, 0.1) is 0 Å². The van der Waals surface area contributed by atoms with Crippen molar-refractivity contribution in [1.82, 2.24) is 0 Å². The molecule has 0 aliphatic rings. The fourth-order valence-electron chi connectivity index (χ4n) is 0.850. The number of ether oxygens (including phenoxy) is 2. The third-order valence-corrected chi connectivity index (χ3v) is 1.52. The van der Waals surface area contributed by atoms with Crippen LogP contribution in [0.4, 0.5) is 0 Å². The Balaban J connectivity index is 4.22. The number of nitrogens with two attached hydrogens (primary N) is 1. The first-order chi connectivity index (χ1) is 5.99. The number of rotatable bonds is 5. The molecule has 0 aromatic carbocycles. The molecule has 76 valence electrons. The Morgan fingerprint density at radius 2 is 1.92 bits per heavy atom. The molecule has 0 radical (unpaired) electrons. The van der Waals surface area contributed by atoms with Gasteiger partial charge in [0.15, 0.2) is 0 Å². The minimum absolute atomic E-state index is 0.125. The van der Waals surface area contributed by atoms with Gasteiger partial charge in [-0.1, -0.05) is 0 Å². The number of carbonyl (C=O) groups excluding carboxylic acids is 2. The Labute approximate surface area is 77.2 Å². The van der Waals surface area contributed by atoms with Gasteiger partial charge in [0.25, 0.3) is 0 Å². The van der Waals surface area contributed by atoms with Gasteiger partial charge in [0.1, 0.15) is 17.9 Å². The van der Waals surface area contributed by atoms with E-state index in [9.17, 15) is 9.59 Å². The molecule has 5 heteroatoms. The van der Waals surface area contributed by atoms with E-state index >= 15 is 0 Å². The summed E-state index contributed by atoms with van der Waals surface area (Å²) in [6.07, 6.45) is -0.694. The number of ketones is 1. The summed E-state index contributed by atoms with van der Waals surface area (Å²) in [5.74, 6) is -0.706. The molecular formula is C8H15NO4. The average molecular weight is 189 g/mol. The number of carbonyl (C=O) groups is 2. The minimum atomic E-state index is -0.816. The molecule has 0 fully saturated rings. The summed E-state index contributed by atoms with van der Waals surface area (Å²) >= 11 is 0. The van der Waals surface area contributed by atoms with E-state index in [1.54, 1.807) is 0 Å². The molecule has 5 nitrogen and oxygen atoms in total. The molecule has 0 aromatic rings. The highest BCUT2D eigenvalue weighted by Crippen LogP contribution is 2.00. The van der Waals surface area contributed by atoms with Crippen molar-refractivity contribution in [1.29, 1.82) is 0 Å². The van der Waals surface area contributed by atoms with Crippen molar-refractivity contribution in [2.45, 2.75) is 26.0 Å². The van der Waals surface area contributed by atoms with Crippen molar-refractivity contribution in [2.75, 3.05) is 13.7 Å². The molecule has 0 heterocycles. The Bertz CT molecular complexity index is 193. The minimum Gasteiger partial charge on any atom is -0.458 e. The number of Topliss-reactive ketones (excluding diaryl/α,β-unsaturated/α-hetero) is 1. The SMILES string of the molecule is COCC(OC(C)=O)C(N)C(C)=O. The number of hydrogen-bond acceptors (Lipinski definition) is 5. The van der Waals surface area contributed by atoms with Crippen LogP contribution >= 0.6 is 0 Å². The highest BCUT2D eigenvalue weighted by Gasteiger charge is 2.24. The zero-order valence-electron chi connectivity index (χ0n) is 8.07. The number of hydrogen-bond donors (Lipinski definition) is 1. The lowest BCUT2D eigenvalue weighted by atomic mass is 10.1. The molecule has 0 aliphatic heterocycles. The number of methoxy groups -OCH3 is 1. The van der Waals surface area contributed by atoms with Gasteiger partial charge in [0.05, 0.1) is 6.61 Å². The molecule has 0 saturated carbocycles. The van der Waals surface area contributed by atoms with E-state index in [-0.39, 0.29) is 12.4 Å². The maximum absolute atomic E-state index is 10.9. The van der Waals surface area contributed by atoms with Crippen LogP contribution in [0.5, 0.6) is 0 Å². The van der Waals surface area contributed by atoms with E-state index in [0.717, 1.165) is 0 Å². The maximum atomic E-state index is 10.9. The second-order valence-corrected chi connectivity index (χ2v) is 2.74. The van der Waals surface area contributed by atoms with Crippen LogP contribution in [0.3, 0.4) is 0 Å². The third kappa shape index (κ3) is 4.59. The second kappa shape index (κ2) is 5.66. The van der Waals surface area contributed by atoms with Crippen LogP contribution in [0.1, 0.15) is 13.8 Å². The first-order valence-corrected chi connectivity index (χ1v) is 3.91. The lowest BCUT2D eigenvalue weighted by Crippen LogP contribution is -2.45. The topological polar surface area (TPSA) is 78.6 Å². The smallest absolute Gasteiger partial charge is 0.303 e. The van der Waals surface area contributed by atoms with Gasteiger partial charge in [0, 0.05) is 14.0 Å². The first-order valence-electron chi connectivity index (χ1n) is 3.91. The van der Waals surface area contributed by atoms with Gasteiger partial charge in [-0.25, -0.2) is 0 Å². The summed E-state index contributed by atoms with van der Waals surface area (Å²) in [5, 5.41) is 0. The van der Waals surface area contributed by atoms with E-state index < -0.39 is 18.1 Å². The van der Waals surface area contributed by atoms with Gasteiger partial charge in [-0.05, 0) is 6.92 Å². The van der Waals surface area contributed by atoms with Crippen LogP contribution in [0.25, 0.3) is 0 Å². The van der Waals surface area contributed by atoms with Crippen LogP contribution in [-0.4, -0.2) is 37.6 Å². The predicted octanol–water partition coefficient (Wildman–Crippen LogP) is -0.519. The second-order valence-electron chi connectivity index (χ2n) is 2.74. The van der Waals surface area contributed by atoms with Gasteiger partial charge in [-0.2, -0.15) is 0 Å². The van der Waals surface area contributed by atoms with Crippen LogP contribution in [0.2, 0.25) is 0 Å². The molecule has 2 unspecified atom stereocenters. The van der Waals surface area contributed by atoms with Gasteiger partial charge in [-0.3, -0.25) is 9.59 Å². The normalized spacial score (nSPS) is 14.8. The Morgan fingerprint density at radius 1 is 1.38 bits per heavy atom. The van der Waals surface area contributed by atoms with E-state index in [1.165, 1.54) is 21.0 Å². The summed E-state index contributed by atoms with van der Waals surface area (Å²) in [5.41, 5.74) is 5.49. The Morgan fingerprint density at radius 3 is 2.23 bits per heavy atom. The van der Waals surface area contributed by atoms with Crippen LogP contribution in [-0.2, 0) is 19.1 Å². The highest BCUT2D eigenvalue weighted by molar-refractivity contribution is 5.82. The van der Waals surface area contributed by atoms with Crippen molar-refractivity contribution >= 4 is 11.8 Å². The predicted molar refractivity (Wildman–Crippen MR) is 46.1 cm³/mol. The average Bonchev–Trinajstić information content (AvgIpc) is 2.01. The lowest BCUT2D eigenvalue weighted by molar-refractivity contribution is -0.151. The molecule has 0 amide bonds. The molecule has 0 bridgehead atoms. The van der Waals surface area contributed by atoms with Crippen molar-refractivity contribution in [2.24, 2.45) is 5.73 Å². The molecule has 13 heavy (non-hydrogen) atoms. The zero-order valence-corrected chi connectivity index (χ0v) is 8.07. The molecular weight excluding hydrogens is 174 g/mol. The molecule has 2 N–H and O–H groups in total. The van der Waals surface area contributed by atoms with E-state index in [4.69, 9.17) is 15.2 Å². The van der Waals surface area contributed by atoms with E-state index in [0.29, 0.717) is 0 Å². The monoisotopic (exact) mass is 189 g/mol. The number of esters is 1. The van der Waals surface area contributed by atoms with E-state index in [1.807, 2.05) is 0 Å². The van der Waals surface area contributed by atoms with Crippen molar-refractivity contribution < 1.29 is 19.1 Å². The van der Waals surface area contributed by atoms with Crippen molar-refractivity contribution in [3.05, 3.63) is 0 Å². The van der Waals surface area contributed by atoms with Crippen LogP contribution in [0.15, 0.2) is 0 Å². The first kappa shape index (κ1) is 12.1. The van der Waals surface area contributed by atoms with Gasteiger partial charge < -0.3 is 15.2 Å². The lowest BCUT2D eigenvalue weighted by Gasteiger charge is -2.20. The quantitative estimate of drug-likeness (QED) is 0.589. The maximum Gasteiger partial charge on any atom is 0.303 e. The Hall–Kier alpha value is -0.940. The largest absolute Gasteiger partial charge is 0.458 e. The summed E-state index contributed by atoms with van der Waals surface area (Å²) in [7, 11) is 1.45. The van der Waals surface area contributed by atoms with Gasteiger partial charge in [0.2, 0.25) is 0 Å². The fourth-order valence-corrected chi connectivity index (χ4v) is 0.850. The van der Waals surface area contributed by atoms with Crippen molar-refractivity contribution in [3.8, 4) is 0 Å². The van der Waals surface area contributed by atoms with Crippen molar-refractivity contribution in [3.63, 3.8) is 0 Å². The van der Waals surface area contributed by atoms with Gasteiger partial charge >= 0.3 is 5.97 Å². The summed E-state index contributed by atoms with van der Waals surface area (Å²) in [4.78, 5) is 21.5. The molecule has 0 rings (SSSR count).